The van der Waals surface area contributed by atoms with Crippen molar-refractivity contribution in [3.05, 3.63) is 18.0 Å². The molecule has 0 spiro atoms. The summed E-state index contributed by atoms with van der Waals surface area (Å²) in [6.07, 6.45) is 6.34. The molecule has 4 heteroatoms. The van der Waals surface area contributed by atoms with Crippen LogP contribution < -0.4 is 0 Å². The van der Waals surface area contributed by atoms with E-state index in [0.717, 1.165) is 39.0 Å². The highest BCUT2D eigenvalue weighted by molar-refractivity contribution is 5.04. The van der Waals surface area contributed by atoms with Crippen molar-refractivity contribution in [2.24, 2.45) is 5.92 Å². The normalized spacial score (nSPS) is 21.8. The summed E-state index contributed by atoms with van der Waals surface area (Å²) in [4.78, 5) is 2.40. The summed E-state index contributed by atoms with van der Waals surface area (Å²) in [6.45, 7) is 6.58. The first kappa shape index (κ1) is 11.6. The molecule has 1 unspecified atom stereocenters. The monoisotopic (exact) mass is 223 g/mol. The number of aliphatic hydroxyl groups excluding tert-OH is 1. The van der Waals surface area contributed by atoms with E-state index in [1.165, 1.54) is 5.56 Å². The Labute approximate surface area is 96.9 Å². The van der Waals surface area contributed by atoms with Crippen LogP contribution >= 0.6 is 0 Å². The highest BCUT2D eigenvalue weighted by Gasteiger charge is 2.21. The molecule has 0 aliphatic carbocycles. The van der Waals surface area contributed by atoms with Gasteiger partial charge in [0, 0.05) is 38.0 Å². The number of aliphatic hydroxyl groups is 1. The van der Waals surface area contributed by atoms with Crippen LogP contribution in [0, 0.1) is 5.92 Å². The Kier molecular flexibility index (Phi) is 3.96. The maximum Gasteiger partial charge on any atom is 0.0534 e. The summed E-state index contributed by atoms with van der Waals surface area (Å²) in [5.74, 6) is 0.477. The molecule has 2 heterocycles. The molecule has 1 aromatic rings. The quantitative estimate of drug-likeness (QED) is 0.813. The standard InChI is InChI=1S/C12H21N3O/c1-2-4-15-9-12(6-13-15)8-14-5-3-11(7-14)10-16/h6,9,11,16H,2-5,7-8,10H2,1H3. The number of hydrogen-bond acceptors (Lipinski definition) is 3. The summed E-state index contributed by atoms with van der Waals surface area (Å²) in [6, 6.07) is 0. The zero-order valence-electron chi connectivity index (χ0n) is 9.97. The summed E-state index contributed by atoms with van der Waals surface area (Å²) in [7, 11) is 0. The largest absolute Gasteiger partial charge is 0.396 e. The first-order chi connectivity index (χ1) is 7.81. The maximum absolute atomic E-state index is 9.08. The first-order valence-corrected chi connectivity index (χ1v) is 6.16. The number of nitrogens with zero attached hydrogens (tertiary/aromatic N) is 3. The van der Waals surface area contributed by atoms with Crippen molar-refractivity contribution in [2.75, 3.05) is 19.7 Å². The third kappa shape index (κ3) is 2.83. The molecule has 1 fully saturated rings. The summed E-state index contributed by atoms with van der Waals surface area (Å²) >= 11 is 0. The lowest BCUT2D eigenvalue weighted by atomic mass is 10.1. The van der Waals surface area contributed by atoms with Crippen molar-refractivity contribution in [1.29, 1.82) is 0 Å². The van der Waals surface area contributed by atoms with E-state index in [-0.39, 0.29) is 0 Å². The average Bonchev–Trinajstić information content (AvgIpc) is 2.89. The van der Waals surface area contributed by atoms with Crippen LogP contribution in [0.5, 0.6) is 0 Å². The fourth-order valence-electron chi connectivity index (χ4n) is 2.30. The number of rotatable bonds is 5. The van der Waals surface area contributed by atoms with Gasteiger partial charge in [-0.25, -0.2) is 0 Å². The van der Waals surface area contributed by atoms with Gasteiger partial charge < -0.3 is 5.11 Å². The van der Waals surface area contributed by atoms with Gasteiger partial charge in [0.1, 0.15) is 0 Å². The fraction of sp³-hybridized carbons (Fsp3) is 0.750. The van der Waals surface area contributed by atoms with E-state index in [1.54, 1.807) is 0 Å². The molecular formula is C12H21N3O. The molecule has 0 aromatic carbocycles. The molecule has 0 saturated carbocycles. The predicted molar refractivity (Wildman–Crippen MR) is 63.0 cm³/mol. The van der Waals surface area contributed by atoms with Crippen LogP contribution in [0.3, 0.4) is 0 Å². The van der Waals surface area contributed by atoms with E-state index in [2.05, 4.69) is 23.1 Å². The lowest BCUT2D eigenvalue weighted by molar-refractivity contribution is 0.220. The maximum atomic E-state index is 9.08. The van der Waals surface area contributed by atoms with Crippen molar-refractivity contribution in [3.8, 4) is 0 Å². The molecule has 1 aliphatic rings. The third-order valence-electron chi connectivity index (χ3n) is 3.17. The minimum atomic E-state index is 0.325. The Balaban J connectivity index is 1.84. The van der Waals surface area contributed by atoms with E-state index < -0.39 is 0 Å². The first-order valence-electron chi connectivity index (χ1n) is 6.16. The predicted octanol–water partition coefficient (Wildman–Crippen LogP) is 1.11. The van der Waals surface area contributed by atoms with Crippen LogP contribution in [0.4, 0.5) is 0 Å². The van der Waals surface area contributed by atoms with E-state index >= 15 is 0 Å². The Morgan fingerprint density at radius 1 is 1.56 bits per heavy atom. The minimum Gasteiger partial charge on any atom is -0.396 e. The van der Waals surface area contributed by atoms with Crippen LogP contribution in [0.25, 0.3) is 0 Å². The lowest BCUT2D eigenvalue weighted by Gasteiger charge is -2.13. The molecule has 1 atom stereocenters. The van der Waals surface area contributed by atoms with Crippen molar-refractivity contribution < 1.29 is 5.11 Å². The summed E-state index contributed by atoms with van der Waals surface area (Å²) < 4.78 is 2.01. The van der Waals surface area contributed by atoms with E-state index in [1.807, 2.05) is 10.9 Å². The van der Waals surface area contributed by atoms with Crippen LogP contribution in [-0.2, 0) is 13.1 Å². The second-order valence-corrected chi connectivity index (χ2v) is 4.68. The van der Waals surface area contributed by atoms with Gasteiger partial charge >= 0.3 is 0 Å². The summed E-state index contributed by atoms with van der Waals surface area (Å²) in [5, 5.41) is 13.4. The van der Waals surface area contributed by atoms with Gasteiger partial charge in [-0.1, -0.05) is 6.92 Å². The molecule has 4 nitrogen and oxygen atoms in total. The zero-order valence-corrected chi connectivity index (χ0v) is 9.97. The minimum absolute atomic E-state index is 0.325. The van der Waals surface area contributed by atoms with Crippen molar-refractivity contribution in [2.45, 2.75) is 32.9 Å². The highest BCUT2D eigenvalue weighted by atomic mass is 16.3. The Bertz CT molecular complexity index is 324. The van der Waals surface area contributed by atoms with Crippen molar-refractivity contribution in [1.82, 2.24) is 14.7 Å². The van der Waals surface area contributed by atoms with E-state index in [4.69, 9.17) is 5.11 Å². The summed E-state index contributed by atoms with van der Waals surface area (Å²) in [5.41, 5.74) is 1.28. The van der Waals surface area contributed by atoms with Gasteiger partial charge in [0.2, 0.25) is 0 Å². The molecule has 1 aromatic heterocycles. The molecule has 0 radical (unpaired) electrons. The molecule has 2 rings (SSSR count). The van der Waals surface area contributed by atoms with Crippen LogP contribution in [-0.4, -0.2) is 39.5 Å². The molecule has 1 aliphatic heterocycles. The zero-order chi connectivity index (χ0) is 11.4. The smallest absolute Gasteiger partial charge is 0.0534 e. The highest BCUT2D eigenvalue weighted by Crippen LogP contribution is 2.17. The van der Waals surface area contributed by atoms with Crippen LogP contribution in [0.1, 0.15) is 25.3 Å². The van der Waals surface area contributed by atoms with Gasteiger partial charge in [0.05, 0.1) is 6.20 Å². The molecule has 16 heavy (non-hydrogen) atoms. The molecular weight excluding hydrogens is 202 g/mol. The van der Waals surface area contributed by atoms with Crippen molar-refractivity contribution in [3.63, 3.8) is 0 Å². The number of aromatic nitrogens is 2. The van der Waals surface area contributed by atoms with Crippen LogP contribution in [0.2, 0.25) is 0 Å². The average molecular weight is 223 g/mol. The van der Waals surface area contributed by atoms with Crippen molar-refractivity contribution >= 4 is 0 Å². The molecule has 90 valence electrons. The third-order valence-corrected chi connectivity index (χ3v) is 3.17. The van der Waals surface area contributed by atoms with Gasteiger partial charge in [-0.15, -0.1) is 0 Å². The number of hydrogen-bond donors (Lipinski definition) is 1. The lowest BCUT2D eigenvalue weighted by Crippen LogP contribution is -2.20. The number of likely N-dealkylation sites (tertiary alicyclic amines) is 1. The fourth-order valence-corrected chi connectivity index (χ4v) is 2.30. The Morgan fingerprint density at radius 2 is 2.44 bits per heavy atom. The van der Waals surface area contributed by atoms with E-state index in [0.29, 0.717) is 12.5 Å². The Morgan fingerprint density at radius 3 is 3.12 bits per heavy atom. The van der Waals surface area contributed by atoms with Gasteiger partial charge in [-0.05, 0) is 25.3 Å². The van der Waals surface area contributed by atoms with Crippen LogP contribution in [0.15, 0.2) is 12.4 Å². The molecule has 0 bridgehead atoms. The number of aryl methyl sites for hydroxylation is 1. The second-order valence-electron chi connectivity index (χ2n) is 4.68. The molecule has 1 saturated heterocycles. The Hall–Kier alpha value is -0.870. The SMILES string of the molecule is CCCn1cc(CN2CCC(CO)C2)cn1. The van der Waals surface area contributed by atoms with Gasteiger partial charge in [0.25, 0.3) is 0 Å². The molecule has 0 amide bonds. The van der Waals surface area contributed by atoms with Gasteiger partial charge in [0.15, 0.2) is 0 Å². The topological polar surface area (TPSA) is 41.3 Å². The van der Waals surface area contributed by atoms with E-state index in [9.17, 15) is 0 Å². The van der Waals surface area contributed by atoms with Gasteiger partial charge in [-0.2, -0.15) is 5.10 Å². The second kappa shape index (κ2) is 5.46. The van der Waals surface area contributed by atoms with Gasteiger partial charge in [-0.3, -0.25) is 9.58 Å². The molecule has 1 N–H and O–H groups in total.